The highest BCUT2D eigenvalue weighted by atomic mass is 16.5. The van der Waals surface area contributed by atoms with Crippen LogP contribution < -0.4 is 10.6 Å². The SMILES string of the molecule is COCC(O)CCNC(=O)c1ccc2c(c1)CCN2. The molecule has 19 heavy (non-hydrogen) atoms. The summed E-state index contributed by atoms with van der Waals surface area (Å²) >= 11 is 0. The van der Waals surface area contributed by atoms with Gasteiger partial charge < -0.3 is 20.5 Å². The number of benzene rings is 1. The lowest BCUT2D eigenvalue weighted by molar-refractivity contribution is 0.0587. The number of aliphatic hydroxyl groups is 1. The fraction of sp³-hybridized carbons (Fsp3) is 0.500. The third-order valence-corrected chi connectivity index (χ3v) is 3.20. The minimum absolute atomic E-state index is 0.0979. The average molecular weight is 264 g/mol. The third kappa shape index (κ3) is 3.68. The summed E-state index contributed by atoms with van der Waals surface area (Å²) in [6, 6.07) is 5.69. The maximum Gasteiger partial charge on any atom is 0.251 e. The fourth-order valence-corrected chi connectivity index (χ4v) is 2.18. The summed E-state index contributed by atoms with van der Waals surface area (Å²) in [5.74, 6) is -0.0979. The molecule has 0 saturated carbocycles. The lowest BCUT2D eigenvalue weighted by atomic mass is 10.1. The number of fused-ring (bicyclic) bond motifs is 1. The lowest BCUT2D eigenvalue weighted by Gasteiger charge is -2.10. The van der Waals surface area contributed by atoms with Crippen molar-refractivity contribution in [2.75, 3.05) is 32.1 Å². The van der Waals surface area contributed by atoms with Gasteiger partial charge in [0.15, 0.2) is 0 Å². The Bertz CT molecular complexity index is 448. The largest absolute Gasteiger partial charge is 0.391 e. The van der Waals surface area contributed by atoms with Crippen LogP contribution in [0.15, 0.2) is 18.2 Å². The van der Waals surface area contributed by atoms with Gasteiger partial charge in [0, 0.05) is 31.5 Å². The zero-order valence-corrected chi connectivity index (χ0v) is 11.1. The Morgan fingerprint density at radius 3 is 3.21 bits per heavy atom. The quantitative estimate of drug-likeness (QED) is 0.710. The molecule has 1 aliphatic rings. The van der Waals surface area contributed by atoms with E-state index in [1.807, 2.05) is 18.2 Å². The summed E-state index contributed by atoms with van der Waals surface area (Å²) in [6.45, 7) is 1.67. The van der Waals surface area contributed by atoms with Gasteiger partial charge in [-0.2, -0.15) is 0 Å². The predicted molar refractivity (Wildman–Crippen MR) is 73.5 cm³/mol. The standard InChI is InChI=1S/C14H20N2O3/c1-19-9-12(17)5-7-16-14(18)11-2-3-13-10(8-11)4-6-15-13/h2-3,8,12,15,17H,4-7,9H2,1H3,(H,16,18). The van der Waals surface area contributed by atoms with Gasteiger partial charge in [-0.25, -0.2) is 0 Å². The summed E-state index contributed by atoms with van der Waals surface area (Å²) in [6.07, 6.45) is 0.921. The first kappa shape index (κ1) is 13.8. The molecule has 1 atom stereocenters. The van der Waals surface area contributed by atoms with Crippen LogP contribution in [0.5, 0.6) is 0 Å². The average Bonchev–Trinajstić information content (AvgIpc) is 2.86. The van der Waals surface area contributed by atoms with Crippen LogP contribution in [0.2, 0.25) is 0 Å². The summed E-state index contributed by atoms with van der Waals surface area (Å²) in [5.41, 5.74) is 2.97. The van der Waals surface area contributed by atoms with Crippen molar-refractivity contribution < 1.29 is 14.6 Å². The summed E-state index contributed by atoms with van der Waals surface area (Å²) < 4.78 is 4.83. The predicted octanol–water partition coefficient (Wildman–Crippen LogP) is 0.782. The van der Waals surface area contributed by atoms with E-state index in [9.17, 15) is 9.90 Å². The molecule has 104 valence electrons. The maximum atomic E-state index is 11.9. The molecule has 0 aromatic heterocycles. The van der Waals surface area contributed by atoms with Gasteiger partial charge in [0.05, 0.1) is 12.7 Å². The van der Waals surface area contributed by atoms with Crippen molar-refractivity contribution in [1.29, 1.82) is 0 Å². The number of carbonyl (C=O) groups is 1. The second kappa shape index (κ2) is 6.54. The number of nitrogens with one attached hydrogen (secondary N) is 2. The van der Waals surface area contributed by atoms with Crippen molar-refractivity contribution in [2.45, 2.75) is 18.9 Å². The fourth-order valence-electron chi connectivity index (χ4n) is 2.18. The molecule has 1 amide bonds. The molecule has 1 heterocycles. The van der Waals surface area contributed by atoms with Crippen molar-refractivity contribution in [2.24, 2.45) is 0 Å². The van der Waals surface area contributed by atoms with Crippen LogP contribution in [-0.2, 0) is 11.2 Å². The van der Waals surface area contributed by atoms with E-state index in [1.165, 1.54) is 5.56 Å². The van der Waals surface area contributed by atoms with Crippen LogP contribution in [0, 0.1) is 0 Å². The van der Waals surface area contributed by atoms with Crippen LogP contribution in [-0.4, -0.2) is 43.9 Å². The maximum absolute atomic E-state index is 11.9. The number of methoxy groups -OCH3 is 1. The molecule has 1 aliphatic heterocycles. The third-order valence-electron chi connectivity index (χ3n) is 3.20. The van der Waals surface area contributed by atoms with Crippen LogP contribution in [0.25, 0.3) is 0 Å². The molecular weight excluding hydrogens is 244 g/mol. The molecule has 3 N–H and O–H groups in total. The molecule has 0 fully saturated rings. The number of carbonyl (C=O) groups excluding carboxylic acids is 1. The molecule has 5 nitrogen and oxygen atoms in total. The molecule has 0 radical (unpaired) electrons. The summed E-state index contributed by atoms with van der Waals surface area (Å²) in [4.78, 5) is 11.9. The zero-order valence-electron chi connectivity index (χ0n) is 11.1. The summed E-state index contributed by atoms with van der Waals surface area (Å²) in [5, 5.41) is 15.5. The van der Waals surface area contributed by atoms with Crippen LogP contribution in [0.4, 0.5) is 5.69 Å². The number of amides is 1. The number of hydrogen-bond acceptors (Lipinski definition) is 4. The van der Waals surface area contributed by atoms with E-state index in [4.69, 9.17) is 4.74 Å². The Morgan fingerprint density at radius 2 is 2.42 bits per heavy atom. The topological polar surface area (TPSA) is 70.6 Å². The van der Waals surface area contributed by atoms with E-state index in [0.717, 1.165) is 18.7 Å². The van der Waals surface area contributed by atoms with E-state index >= 15 is 0 Å². The van der Waals surface area contributed by atoms with Gasteiger partial charge in [-0.15, -0.1) is 0 Å². The molecule has 0 spiro atoms. The Balaban J connectivity index is 1.83. The first-order valence-electron chi connectivity index (χ1n) is 6.52. The minimum atomic E-state index is -0.533. The molecule has 0 saturated heterocycles. The van der Waals surface area contributed by atoms with Gasteiger partial charge in [0.25, 0.3) is 5.91 Å². The number of aliphatic hydroxyl groups excluding tert-OH is 1. The first-order valence-corrected chi connectivity index (χ1v) is 6.52. The first-order chi connectivity index (χ1) is 9.20. The van der Waals surface area contributed by atoms with Crippen LogP contribution in [0.3, 0.4) is 0 Å². The van der Waals surface area contributed by atoms with Gasteiger partial charge in [-0.3, -0.25) is 4.79 Å². The van der Waals surface area contributed by atoms with Gasteiger partial charge >= 0.3 is 0 Å². The second-order valence-corrected chi connectivity index (χ2v) is 4.70. The Hall–Kier alpha value is -1.59. The van der Waals surface area contributed by atoms with E-state index < -0.39 is 6.10 Å². The van der Waals surface area contributed by atoms with Crippen molar-refractivity contribution in [3.63, 3.8) is 0 Å². The highest BCUT2D eigenvalue weighted by molar-refractivity contribution is 5.95. The van der Waals surface area contributed by atoms with Crippen molar-refractivity contribution in [3.8, 4) is 0 Å². The van der Waals surface area contributed by atoms with E-state index in [0.29, 0.717) is 25.1 Å². The van der Waals surface area contributed by atoms with Crippen LogP contribution in [0.1, 0.15) is 22.3 Å². The minimum Gasteiger partial charge on any atom is -0.391 e. The molecule has 2 rings (SSSR count). The van der Waals surface area contributed by atoms with Gasteiger partial charge in [-0.1, -0.05) is 0 Å². The van der Waals surface area contributed by atoms with Gasteiger partial charge in [0.1, 0.15) is 0 Å². The monoisotopic (exact) mass is 264 g/mol. The zero-order chi connectivity index (χ0) is 13.7. The van der Waals surface area contributed by atoms with E-state index in [2.05, 4.69) is 10.6 Å². The Morgan fingerprint density at radius 1 is 1.58 bits per heavy atom. The molecular formula is C14H20N2O3. The number of rotatable bonds is 6. The van der Waals surface area contributed by atoms with Crippen molar-refractivity contribution in [1.82, 2.24) is 5.32 Å². The number of hydrogen-bond donors (Lipinski definition) is 3. The van der Waals surface area contributed by atoms with E-state index in [1.54, 1.807) is 7.11 Å². The Labute approximate surface area is 113 Å². The molecule has 0 aliphatic carbocycles. The van der Waals surface area contributed by atoms with Crippen LogP contribution >= 0.6 is 0 Å². The summed E-state index contributed by atoms with van der Waals surface area (Å²) in [7, 11) is 1.54. The smallest absolute Gasteiger partial charge is 0.251 e. The molecule has 1 unspecified atom stereocenters. The van der Waals surface area contributed by atoms with Crippen molar-refractivity contribution in [3.05, 3.63) is 29.3 Å². The second-order valence-electron chi connectivity index (χ2n) is 4.70. The van der Waals surface area contributed by atoms with Gasteiger partial charge in [-0.05, 0) is 36.6 Å². The molecule has 0 bridgehead atoms. The van der Waals surface area contributed by atoms with E-state index in [-0.39, 0.29) is 5.91 Å². The number of ether oxygens (including phenoxy) is 1. The lowest BCUT2D eigenvalue weighted by Crippen LogP contribution is -2.28. The van der Waals surface area contributed by atoms with Crippen molar-refractivity contribution >= 4 is 11.6 Å². The number of anilines is 1. The molecule has 1 aromatic carbocycles. The highest BCUT2D eigenvalue weighted by Gasteiger charge is 2.13. The highest BCUT2D eigenvalue weighted by Crippen LogP contribution is 2.22. The molecule has 1 aromatic rings. The normalized spacial score (nSPS) is 14.6. The Kier molecular flexibility index (Phi) is 4.76. The molecule has 5 heteroatoms. The van der Waals surface area contributed by atoms with Gasteiger partial charge in [0.2, 0.25) is 0 Å².